The monoisotopic (exact) mass is 300 g/mol. The summed E-state index contributed by atoms with van der Waals surface area (Å²) in [5, 5.41) is 3.34. The molecule has 0 radical (unpaired) electrons. The molecule has 1 aliphatic rings. The lowest BCUT2D eigenvalue weighted by atomic mass is 10.0. The molecule has 1 saturated heterocycles. The summed E-state index contributed by atoms with van der Waals surface area (Å²) in [6.45, 7) is 5.15. The fraction of sp³-hybridized carbons (Fsp3) is 0.625. The molecule has 0 amide bonds. The molecule has 0 spiro atoms. The van der Waals surface area contributed by atoms with Gasteiger partial charge in [0.05, 0.1) is 5.56 Å². The van der Waals surface area contributed by atoms with Crippen LogP contribution in [0.1, 0.15) is 37.3 Å². The molecule has 118 valence electrons. The molecule has 0 bridgehead atoms. The maximum Gasteiger partial charge on any atom is 0.416 e. The third-order valence-corrected chi connectivity index (χ3v) is 3.99. The van der Waals surface area contributed by atoms with Crippen LogP contribution in [0.5, 0.6) is 0 Å². The van der Waals surface area contributed by atoms with Gasteiger partial charge in [0.2, 0.25) is 0 Å². The number of rotatable bonds is 5. The highest BCUT2D eigenvalue weighted by Gasteiger charge is 2.33. The number of nitrogens with zero attached hydrogens (tertiary/aromatic N) is 1. The molecule has 1 N–H and O–H groups in total. The Morgan fingerprint density at radius 2 is 2.05 bits per heavy atom. The van der Waals surface area contributed by atoms with Gasteiger partial charge in [-0.25, -0.2) is 0 Å². The van der Waals surface area contributed by atoms with Crippen LogP contribution >= 0.6 is 0 Å². The quantitative estimate of drug-likeness (QED) is 0.892. The van der Waals surface area contributed by atoms with Gasteiger partial charge in [-0.1, -0.05) is 25.1 Å². The maximum absolute atomic E-state index is 13.1. The predicted octanol–water partition coefficient (Wildman–Crippen LogP) is 3.67. The molecule has 0 saturated carbocycles. The van der Waals surface area contributed by atoms with E-state index in [1.165, 1.54) is 12.1 Å². The molecule has 0 aliphatic carbocycles. The first kappa shape index (κ1) is 16.3. The van der Waals surface area contributed by atoms with Crippen molar-refractivity contribution in [3.8, 4) is 0 Å². The van der Waals surface area contributed by atoms with Crippen molar-refractivity contribution in [2.75, 3.05) is 19.6 Å². The first-order valence-electron chi connectivity index (χ1n) is 7.62. The van der Waals surface area contributed by atoms with E-state index in [0.29, 0.717) is 18.2 Å². The highest BCUT2D eigenvalue weighted by atomic mass is 19.4. The fourth-order valence-electron chi connectivity index (χ4n) is 2.98. The Morgan fingerprint density at radius 1 is 1.29 bits per heavy atom. The third kappa shape index (κ3) is 4.45. The molecule has 1 unspecified atom stereocenters. The molecule has 2 nitrogen and oxygen atoms in total. The number of hydrogen-bond donors (Lipinski definition) is 1. The highest BCUT2D eigenvalue weighted by Crippen LogP contribution is 2.32. The molecular formula is C16H23F3N2. The molecule has 5 heteroatoms. The van der Waals surface area contributed by atoms with Crippen LogP contribution in [0.25, 0.3) is 0 Å². The Labute approximate surface area is 124 Å². The van der Waals surface area contributed by atoms with Crippen LogP contribution in [0.3, 0.4) is 0 Å². The molecule has 1 aromatic rings. The number of halogens is 3. The number of benzene rings is 1. The van der Waals surface area contributed by atoms with Gasteiger partial charge in [0, 0.05) is 19.1 Å². The van der Waals surface area contributed by atoms with E-state index in [0.717, 1.165) is 38.9 Å². The van der Waals surface area contributed by atoms with Crippen molar-refractivity contribution in [1.82, 2.24) is 10.2 Å². The second kappa shape index (κ2) is 7.27. The Balaban J connectivity index is 2.16. The highest BCUT2D eigenvalue weighted by molar-refractivity contribution is 5.29. The largest absolute Gasteiger partial charge is 0.416 e. The summed E-state index contributed by atoms with van der Waals surface area (Å²) in [6.07, 6.45) is -1.18. The number of alkyl halides is 3. The molecule has 0 aromatic heterocycles. The van der Waals surface area contributed by atoms with Crippen molar-refractivity contribution in [2.24, 2.45) is 0 Å². The first-order chi connectivity index (χ1) is 10.0. The van der Waals surface area contributed by atoms with Gasteiger partial charge < -0.3 is 5.32 Å². The van der Waals surface area contributed by atoms with Gasteiger partial charge in [0.25, 0.3) is 0 Å². The van der Waals surface area contributed by atoms with Crippen LogP contribution in [0, 0.1) is 0 Å². The molecular weight excluding hydrogens is 277 g/mol. The minimum absolute atomic E-state index is 0.333. The molecule has 1 aromatic carbocycles. The minimum atomic E-state index is -4.28. The number of nitrogens with one attached hydrogen (secondary N) is 1. The van der Waals surface area contributed by atoms with Crippen molar-refractivity contribution in [2.45, 2.75) is 44.9 Å². The van der Waals surface area contributed by atoms with Gasteiger partial charge in [-0.05, 0) is 44.0 Å². The Hall–Kier alpha value is -1.07. The number of piperidine rings is 1. The first-order valence-corrected chi connectivity index (χ1v) is 7.62. The van der Waals surface area contributed by atoms with Crippen molar-refractivity contribution in [3.63, 3.8) is 0 Å². The van der Waals surface area contributed by atoms with E-state index in [2.05, 4.69) is 17.1 Å². The predicted molar refractivity (Wildman–Crippen MR) is 78.0 cm³/mol. The van der Waals surface area contributed by atoms with Gasteiger partial charge in [0.1, 0.15) is 0 Å². The summed E-state index contributed by atoms with van der Waals surface area (Å²) in [5.74, 6) is 0. The van der Waals surface area contributed by atoms with E-state index >= 15 is 0 Å². The average Bonchev–Trinajstić information content (AvgIpc) is 2.47. The topological polar surface area (TPSA) is 15.3 Å². The minimum Gasteiger partial charge on any atom is -0.315 e. The van der Waals surface area contributed by atoms with Crippen molar-refractivity contribution < 1.29 is 13.2 Å². The molecule has 1 atom stereocenters. The van der Waals surface area contributed by atoms with Crippen LogP contribution in [0.4, 0.5) is 13.2 Å². The Bertz CT molecular complexity index is 439. The van der Waals surface area contributed by atoms with E-state index in [1.54, 1.807) is 12.1 Å². The molecule has 1 fully saturated rings. The Kier molecular flexibility index (Phi) is 5.65. The lowest BCUT2D eigenvalue weighted by Gasteiger charge is -2.35. The van der Waals surface area contributed by atoms with Crippen LogP contribution < -0.4 is 5.32 Å². The molecule has 1 heterocycles. The van der Waals surface area contributed by atoms with Crippen LogP contribution in [-0.4, -0.2) is 30.6 Å². The van der Waals surface area contributed by atoms with Crippen LogP contribution in [-0.2, 0) is 12.7 Å². The van der Waals surface area contributed by atoms with Gasteiger partial charge in [-0.2, -0.15) is 13.2 Å². The average molecular weight is 300 g/mol. The number of hydrogen-bond acceptors (Lipinski definition) is 2. The van der Waals surface area contributed by atoms with Crippen molar-refractivity contribution in [3.05, 3.63) is 35.4 Å². The molecule has 2 rings (SSSR count). The summed E-state index contributed by atoms with van der Waals surface area (Å²) >= 11 is 0. The lowest BCUT2D eigenvalue weighted by Crippen LogP contribution is -2.46. The van der Waals surface area contributed by atoms with Crippen molar-refractivity contribution in [1.29, 1.82) is 0 Å². The van der Waals surface area contributed by atoms with Crippen LogP contribution in [0.15, 0.2) is 24.3 Å². The summed E-state index contributed by atoms with van der Waals surface area (Å²) in [5.41, 5.74) is -0.126. The van der Waals surface area contributed by atoms with E-state index in [1.807, 2.05) is 0 Å². The van der Waals surface area contributed by atoms with Crippen LogP contribution in [0.2, 0.25) is 0 Å². The maximum atomic E-state index is 13.1. The second-order valence-corrected chi connectivity index (χ2v) is 5.63. The summed E-state index contributed by atoms with van der Waals surface area (Å²) in [7, 11) is 0. The van der Waals surface area contributed by atoms with Crippen molar-refractivity contribution >= 4 is 0 Å². The van der Waals surface area contributed by atoms with Gasteiger partial charge in [-0.15, -0.1) is 0 Å². The lowest BCUT2D eigenvalue weighted by molar-refractivity contribution is -0.138. The van der Waals surface area contributed by atoms with Gasteiger partial charge >= 0.3 is 6.18 Å². The summed E-state index contributed by atoms with van der Waals surface area (Å²) < 4.78 is 39.3. The Morgan fingerprint density at radius 3 is 2.67 bits per heavy atom. The smallest absolute Gasteiger partial charge is 0.315 e. The van der Waals surface area contributed by atoms with E-state index < -0.39 is 11.7 Å². The van der Waals surface area contributed by atoms with E-state index in [-0.39, 0.29) is 0 Å². The summed E-state index contributed by atoms with van der Waals surface area (Å²) in [4.78, 5) is 2.19. The standard InChI is InChI=1S/C16H23F3N2/c1-2-10-21(14-7-5-9-20-11-14)12-13-6-3-4-8-15(13)16(17,18)19/h3-4,6,8,14,20H,2,5,7,9-12H2,1H3. The molecule has 21 heavy (non-hydrogen) atoms. The second-order valence-electron chi connectivity index (χ2n) is 5.63. The third-order valence-electron chi connectivity index (χ3n) is 3.99. The zero-order valence-electron chi connectivity index (χ0n) is 12.4. The van der Waals surface area contributed by atoms with Gasteiger partial charge in [0.15, 0.2) is 0 Å². The van der Waals surface area contributed by atoms with E-state index in [4.69, 9.17) is 0 Å². The normalized spacial score (nSPS) is 20.0. The van der Waals surface area contributed by atoms with E-state index in [9.17, 15) is 13.2 Å². The zero-order valence-corrected chi connectivity index (χ0v) is 12.4. The van der Waals surface area contributed by atoms with Gasteiger partial charge in [-0.3, -0.25) is 4.90 Å². The zero-order chi connectivity index (χ0) is 15.3. The summed E-state index contributed by atoms with van der Waals surface area (Å²) in [6, 6.07) is 6.26. The fourth-order valence-corrected chi connectivity index (χ4v) is 2.98. The molecule has 1 aliphatic heterocycles. The SMILES string of the molecule is CCCN(Cc1ccccc1C(F)(F)F)C1CCCNC1.